The van der Waals surface area contributed by atoms with Crippen molar-refractivity contribution in [2.45, 2.75) is 77.0 Å². The highest BCUT2D eigenvalue weighted by atomic mass is 32.2. The summed E-state index contributed by atoms with van der Waals surface area (Å²) in [4.78, 5) is 30.6. The van der Waals surface area contributed by atoms with Gasteiger partial charge in [-0.2, -0.15) is 0 Å². The number of methoxy groups -OCH3 is 1. The molecule has 0 aliphatic carbocycles. The molecule has 3 amide bonds. The summed E-state index contributed by atoms with van der Waals surface area (Å²) in [6, 6.07) is 10.6. The molecule has 0 radical (unpaired) electrons. The van der Waals surface area contributed by atoms with Crippen molar-refractivity contribution in [1.29, 1.82) is 0 Å². The Morgan fingerprint density at radius 1 is 1.14 bits per heavy atom. The maximum atomic E-state index is 14.4. The number of aliphatic hydroxyl groups excluding tert-OH is 1. The van der Waals surface area contributed by atoms with E-state index in [-0.39, 0.29) is 65.3 Å². The molecule has 15 heteroatoms. The predicted octanol–water partition coefficient (Wildman–Crippen LogP) is 5.06. The number of sulfonamides is 1. The van der Waals surface area contributed by atoms with Crippen LogP contribution in [0.15, 0.2) is 51.9 Å². The number of rotatable bonds is 9. The second kappa shape index (κ2) is 17.1. The third kappa shape index (κ3) is 9.67. The van der Waals surface area contributed by atoms with Crippen molar-refractivity contribution in [2.24, 2.45) is 5.92 Å². The Hall–Kier alpha value is -4.34. The zero-order valence-corrected chi connectivity index (χ0v) is 30.6. The van der Waals surface area contributed by atoms with Crippen molar-refractivity contribution < 1.29 is 41.8 Å². The number of hydrogen-bond acceptors (Lipinski definition) is 10. The van der Waals surface area contributed by atoms with Crippen LogP contribution in [0.4, 0.5) is 16.2 Å². The van der Waals surface area contributed by atoms with E-state index in [2.05, 4.69) is 15.2 Å². The van der Waals surface area contributed by atoms with Gasteiger partial charge in [0.25, 0.3) is 15.9 Å². The van der Waals surface area contributed by atoms with Crippen LogP contribution in [-0.2, 0) is 14.8 Å². The highest BCUT2D eigenvalue weighted by Crippen LogP contribution is 2.30. The number of aliphatic hydroxyl groups is 1. The topological polar surface area (TPSA) is 173 Å². The standard InChI is InChI=1S/C35H49N5O9S/c1-22-19-40(23(2)21-41)34(42)30-18-28(38-50(44,45)33-25(4)37-49-26(33)5)13-16-31(30)48-24(3)10-8-9-17-47-32(22)20-39(6)35(43)36-27-11-14-29(46-7)15-12-27/h11-16,18,22-24,32,38,41H,8-10,17,19-21H2,1-7H3,(H,36,43)/t22-,23-,24-,32-/m1/s1. The number of nitrogens with zero attached hydrogens (tertiary/aromatic N) is 3. The second-order valence-corrected chi connectivity index (χ2v) is 14.4. The van der Waals surface area contributed by atoms with Gasteiger partial charge in [0.15, 0.2) is 10.7 Å². The number of amides is 3. The summed E-state index contributed by atoms with van der Waals surface area (Å²) in [5.41, 5.74) is 1.09. The zero-order valence-electron chi connectivity index (χ0n) is 29.8. The van der Waals surface area contributed by atoms with E-state index in [1.807, 2.05) is 13.8 Å². The van der Waals surface area contributed by atoms with Crippen molar-refractivity contribution in [3.05, 3.63) is 59.5 Å². The molecule has 50 heavy (non-hydrogen) atoms. The van der Waals surface area contributed by atoms with E-state index in [1.54, 1.807) is 56.3 Å². The zero-order chi connectivity index (χ0) is 36.6. The smallest absolute Gasteiger partial charge is 0.321 e. The van der Waals surface area contributed by atoms with E-state index in [0.29, 0.717) is 30.2 Å². The molecule has 2 heterocycles. The van der Waals surface area contributed by atoms with Crippen LogP contribution in [0, 0.1) is 19.8 Å². The van der Waals surface area contributed by atoms with Gasteiger partial charge in [0, 0.05) is 44.0 Å². The Morgan fingerprint density at radius 2 is 1.84 bits per heavy atom. The van der Waals surface area contributed by atoms with E-state index >= 15 is 0 Å². The summed E-state index contributed by atoms with van der Waals surface area (Å²) in [5.74, 6) is 0.370. The molecule has 4 rings (SSSR count). The third-order valence-corrected chi connectivity index (χ3v) is 10.3. The molecule has 3 aromatic rings. The number of carbonyl (C=O) groups excluding carboxylic acids is 2. The van der Waals surface area contributed by atoms with Gasteiger partial charge in [0.2, 0.25) is 0 Å². The van der Waals surface area contributed by atoms with Gasteiger partial charge in [-0.3, -0.25) is 9.52 Å². The maximum absolute atomic E-state index is 14.4. The highest BCUT2D eigenvalue weighted by Gasteiger charge is 2.32. The first-order chi connectivity index (χ1) is 23.7. The summed E-state index contributed by atoms with van der Waals surface area (Å²) in [5, 5.41) is 16.9. The van der Waals surface area contributed by atoms with Gasteiger partial charge in [0.1, 0.15) is 17.2 Å². The molecule has 1 aromatic heterocycles. The largest absolute Gasteiger partial charge is 0.497 e. The Morgan fingerprint density at radius 3 is 2.48 bits per heavy atom. The number of aryl methyl sites for hydroxylation is 2. The molecule has 4 atom stereocenters. The van der Waals surface area contributed by atoms with Crippen LogP contribution in [0.1, 0.15) is 61.8 Å². The molecule has 0 saturated heterocycles. The summed E-state index contributed by atoms with van der Waals surface area (Å²) < 4.78 is 52.1. The average Bonchev–Trinajstić information content (AvgIpc) is 3.44. The molecule has 3 N–H and O–H groups in total. The molecule has 0 fully saturated rings. The fourth-order valence-corrected chi connectivity index (χ4v) is 7.14. The lowest BCUT2D eigenvalue weighted by Crippen LogP contribution is -2.48. The Kier molecular flexibility index (Phi) is 13.1. The van der Waals surface area contributed by atoms with Gasteiger partial charge >= 0.3 is 6.03 Å². The molecule has 0 bridgehead atoms. The summed E-state index contributed by atoms with van der Waals surface area (Å²) >= 11 is 0. The fraction of sp³-hybridized carbons (Fsp3) is 0.514. The van der Waals surface area contributed by atoms with Gasteiger partial charge in [-0.05, 0) is 89.4 Å². The number of anilines is 2. The third-order valence-electron chi connectivity index (χ3n) is 8.68. The molecule has 14 nitrogen and oxygen atoms in total. The Labute approximate surface area is 294 Å². The molecular weight excluding hydrogens is 666 g/mol. The lowest BCUT2D eigenvalue weighted by molar-refractivity contribution is -0.0115. The Bertz CT molecular complexity index is 1690. The Balaban J connectivity index is 1.62. The van der Waals surface area contributed by atoms with Gasteiger partial charge in [-0.25, -0.2) is 13.2 Å². The first-order valence-corrected chi connectivity index (χ1v) is 18.2. The normalized spacial score (nSPS) is 19.8. The average molecular weight is 716 g/mol. The predicted molar refractivity (Wildman–Crippen MR) is 188 cm³/mol. The van der Waals surface area contributed by atoms with Gasteiger partial charge < -0.3 is 39.0 Å². The van der Waals surface area contributed by atoms with E-state index in [4.69, 9.17) is 18.7 Å². The number of carbonyl (C=O) groups is 2. The summed E-state index contributed by atoms with van der Waals surface area (Å²) in [7, 11) is -0.846. The van der Waals surface area contributed by atoms with Crippen molar-refractivity contribution in [3.63, 3.8) is 0 Å². The number of benzene rings is 2. The summed E-state index contributed by atoms with van der Waals surface area (Å²) in [6.07, 6.45) is 1.51. The van der Waals surface area contributed by atoms with Crippen LogP contribution in [0.3, 0.4) is 0 Å². The number of nitrogens with one attached hydrogen (secondary N) is 2. The van der Waals surface area contributed by atoms with Gasteiger partial charge in [-0.15, -0.1) is 0 Å². The fourth-order valence-electron chi connectivity index (χ4n) is 5.76. The number of likely N-dealkylation sites (N-methyl/N-ethyl adjacent to an activating group) is 1. The van der Waals surface area contributed by atoms with Crippen molar-refractivity contribution >= 4 is 33.3 Å². The van der Waals surface area contributed by atoms with Crippen molar-refractivity contribution in [3.8, 4) is 11.5 Å². The molecule has 0 unspecified atom stereocenters. The molecule has 1 aliphatic heterocycles. The number of urea groups is 1. The number of aromatic nitrogens is 1. The second-order valence-electron chi connectivity index (χ2n) is 12.8. The van der Waals surface area contributed by atoms with Gasteiger partial charge in [0.05, 0.1) is 37.5 Å². The lowest BCUT2D eigenvalue weighted by Gasteiger charge is -2.35. The molecular formula is C35H49N5O9S. The van der Waals surface area contributed by atoms with Crippen LogP contribution in [0.2, 0.25) is 0 Å². The quantitative estimate of drug-likeness (QED) is 0.272. The first-order valence-electron chi connectivity index (χ1n) is 16.7. The van der Waals surface area contributed by atoms with E-state index in [0.717, 1.165) is 12.8 Å². The van der Waals surface area contributed by atoms with Crippen LogP contribution < -0.4 is 19.5 Å². The minimum absolute atomic E-state index is 0.0770. The van der Waals surface area contributed by atoms with E-state index < -0.39 is 28.1 Å². The lowest BCUT2D eigenvalue weighted by atomic mass is 10.0. The summed E-state index contributed by atoms with van der Waals surface area (Å²) in [6.45, 7) is 9.15. The van der Waals surface area contributed by atoms with Crippen LogP contribution >= 0.6 is 0 Å². The van der Waals surface area contributed by atoms with Crippen LogP contribution in [0.5, 0.6) is 11.5 Å². The van der Waals surface area contributed by atoms with Crippen LogP contribution in [0.25, 0.3) is 0 Å². The molecule has 2 aromatic carbocycles. The SMILES string of the molecule is COc1ccc(NC(=O)N(C)C[C@H]2OCCCC[C@@H](C)Oc3ccc(NS(=O)(=O)c4c(C)noc4C)cc3C(=O)N([C@H](C)CO)C[C@H]2C)cc1. The van der Waals surface area contributed by atoms with E-state index in [9.17, 15) is 23.1 Å². The van der Waals surface area contributed by atoms with E-state index in [1.165, 1.54) is 30.9 Å². The van der Waals surface area contributed by atoms with Crippen LogP contribution in [-0.4, -0.2) is 99.1 Å². The van der Waals surface area contributed by atoms with Crippen molar-refractivity contribution in [2.75, 3.05) is 50.5 Å². The molecule has 0 saturated carbocycles. The monoisotopic (exact) mass is 715 g/mol. The molecule has 274 valence electrons. The minimum atomic E-state index is -4.10. The molecule has 0 spiro atoms. The maximum Gasteiger partial charge on any atom is 0.321 e. The van der Waals surface area contributed by atoms with Crippen molar-refractivity contribution in [1.82, 2.24) is 15.0 Å². The first kappa shape index (κ1) is 38.5. The number of ether oxygens (including phenoxy) is 3. The van der Waals surface area contributed by atoms with Gasteiger partial charge in [-0.1, -0.05) is 12.1 Å². The molecule has 1 aliphatic rings. The highest BCUT2D eigenvalue weighted by molar-refractivity contribution is 7.92. The number of fused-ring (bicyclic) bond motifs is 1. The minimum Gasteiger partial charge on any atom is -0.497 e. The number of hydrogen-bond donors (Lipinski definition) is 3.